The van der Waals surface area contributed by atoms with Crippen molar-refractivity contribution in [2.24, 2.45) is 11.8 Å². The fourth-order valence-electron chi connectivity index (χ4n) is 3.46. The van der Waals surface area contributed by atoms with Gasteiger partial charge in [-0.3, -0.25) is 4.90 Å². The Morgan fingerprint density at radius 1 is 1.25 bits per heavy atom. The molecule has 0 bridgehead atoms. The number of hydrogen-bond acceptors (Lipinski definition) is 3. The third kappa shape index (κ3) is 2.09. The first-order valence-corrected chi connectivity index (χ1v) is 6.43. The fourth-order valence-corrected chi connectivity index (χ4v) is 3.46. The highest BCUT2D eigenvalue weighted by Gasteiger charge is 2.39. The van der Waals surface area contributed by atoms with Crippen molar-refractivity contribution < 1.29 is 0 Å². The largest absolute Gasteiger partial charge is 0.305 e. The summed E-state index contributed by atoms with van der Waals surface area (Å²) >= 11 is 0. The Kier molecular flexibility index (Phi) is 3.51. The van der Waals surface area contributed by atoms with Crippen LogP contribution in [0.15, 0.2) is 0 Å². The minimum atomic E-state index is 0.285. The molecule has 3 heteroatoms. The van der Waals surface area contributed by atoms with Gasteiger partial charge in [-0.15, -0.1) is 0 Å². The minimum Gasteiger partial charge on any atom is -0.305 e. The van der Waals surface area contributed by atoms with Gasteiger partial charge in [-0.05, 0) is 32.9 Å². The number of hydrogen-bond donors (Lipinski definition) is 0. The molecule has 1 aliphatic heterocycles. The molecule has 2 fully saturated rings. The molecule has 0 amide bonds. The molecule has 0 N–H and O–H groups in total. The Labute approximate surface area is 99.0 Å². The number of likely N-dealkylation sites (N-methyl/N-ethyl adjacent to an activating group) is 1. The highest BCUT2D eigenvalue weighted by Crippen LogP contribution is 2.33. The van der Waals surface area contributed by atoms with Crippen molar-refractivity contribution in [1.29, 1.82) is 5.26 Å². The zero-order valence-electron chi connectivity index (χ0n) is 10.7. The van der Waals surface area contributed by atoms with Gasteiger partial charge in [0, 0.05) is 25.2 Å². The summed E-state index contributed by atoms with van der Waals surface area (Å²) in [7, 11) is 4.34. The van der Waals surface area contributed by atoms with Crippen LogP contribution in [0.4, 0.5) is 0 Å². The molecule has 0 aromatic carbocycles. The third-order valence-corrected chi connectivity index (χ3v) is 4.38. The van der Waals surface area contributed by atoms with Gasteiger partial charge >= 0.3 is 0 Å². The lowest BCUT2D eigenvalue weighted by molar-refractivity contribution is 0.198. The van der Waals surface area contributed by atoms with Crippen molar-refractivity contribution in [2.45, 2.75) is 38.3 Å². The second-order valence-electron chi connectivity index (χ2n) is 5.70. The standard InChI is InChI=1S/C13H23N3/c1-10-8-16(9-13(10)15(2)3)12-6-4-5-11(12)7-14/h10-13H,4-6,8-9H2,1-3H3. The molecule has 2 rings (SSSR count). The second-order valence-corrected chi connectivity index (χ2v) is 5.70. The van der Waals surface area contributed by atoms with Crippen LogP contribution in [0.5, 0.6) is 0 Å². The van der Waals surface area contributed by atoms with Gasteiger partial charge in [0.2, 0.25) is 0 Å². The summed E-state index contributed by atoms with van der Waals surface area (Å²) in [6.45, 7) is 4.66. The lowest BCUT2D eigenvalue weighted by Gasteiger charge is -2.27. The van der Waals surface area contributed by atoms with E-state index in [1.54, 1.807) is 0 Å². The van der Waals surface area contributed by atoms with Crippen LogP contribution < -0.4 is 0 Å². The molecule has 0 aromatic rings. The van der Waals surface area contributed by atoms with Gasteiger partial charge in [-0.1, -0.05) is 13.3 Å². The van der Waals surface area contributed by atoms with Gasteiger partial charge in [-0.2, -0.15) is 5.26 Å². The average molecular weight is 221 g/mol. The maximum atomic E-state index is 9.15. The Bertz CT molecular complexity index is 281. The van der Waals surface area contributed by atoms with Crippen molar-refractivity contribution in [2.75, 3.05) is 27.2 Å². The van der Waals surface area contributed by atoms with E-state index < -0.39 is 0 Å². The lowest BCUT2D eigenvalue weighted by Crippen LogP contribution is -2.38. The first-order valence-electron chi connectivity index (χ1n) is 6.43. The molecule has 90 valence electrons. The van der Waals surface area contributed by atoms with Crippen LogP contribution in [0.3, 0.4) is 0 Å². The first-order chi connectivity index (χ1) is 7.63. The lowest BCUT2D eigenvalue weighted by atomic mass is 10.0. The summed E-state index contributed by atoms with van der Waals surface area (Å²) in [5.74, 6) is 1.02. The Morgan fingerprint density at radius 3 is 2.56 bits per heavy atom. The van der Waals surface area contributed by atoms with E-state index in [4.69, 9.17) is 5.26 Å². The van der Waals surface area contributed by atoms with Crippen LogP contribution in [-0.2, 0) is 0 Å². The SMILES string of the molecule is CC1CN(C2CCCC2C#N)CC1N(C)C. The predicted molar refractivity (Wildman–Crippen MR) is 65.0 cm³/mol. The predicted octanol–water partition coefficient (Wildman–Crippen LogP) is 1.56. The number of nitrogens with zero attached hydrogens (tertiary/aromatic N) is 3. The molecule has 16 heavy (non-hydrogen) atoms. The number of rotatable bonds is 2. The van der Waals surface area contributed by atoms with Crippen LogP contribution in [-0.4, -0.2) is 49.1 Å². The molecule has 0 radical (unpaired) electrons. The van der Waals surface area contributed by atoms with Gasteiger partial charge < -0.3 is 4.90 Å². The first kappa shape index (κ1) is 11.9. The molecule has 4 unspecified atom stereocenters. The summed E-state index contributed by atoms with van der Waals surface area (Å²) in [6.07, 6.45) is 3.57. The highest BCUT2D eigenvalue weighted by molar-refractivity contribution is 5.01. The van der Waals surface area contributed by atoms with E-state index >= 15 is 0 Å². The highest BCUT2D eigenvalue weighted by atomic mass is 15.3. The number of likely N-dealkylation sites (tertiary alicyclic amines) is 1. The van der Waals surface area contributed by atoms with E-state index in [0.717, 1.165) is 18.9 Å². The molecule has 1 saturated heterocycles. The molecule has 0 aromatic heterocycles. The molecule has 1 heterocycles. The Morgan fingerprint density at radius 2 is 2.00 bits per heavy atom. The van der Waals surface area contributed by atoms with Crippen molar-refractivity contribution in [3.05, 3.63) is 0 Å². The minimum absolute atomic E-state index is 0.285. The number of nitriles is 1. The van der Waals surface area contributed by atoms with Gasteiger partial charge in [0.15, 0.2) is 0 Å². The normalized spacial score (nSPS) is 40.4. The van der Waals surface area contributed by atoms with E-state index in [-0.39, 0.29) is 5.92 Å². The summed E-state index contributed by atoms with van der Waals surface area (Å²) in [6, 6.07) is 3.70. The third-order valence-electron chi connectivity index (χ3n) is 4.38. The van der Waals surface area contributed by atoms with Gasteiger partial charge in [0.25, 0.3) is 0 Å². The van der Waals surface area contributed by atoms with Gasteiger partial charge in [0.1, 0.15) is 0 Å². The quantitative estimate of drug-likeness (QED) is 0.709. The van der Waals surface area contributed by atoms with E-state index in [9.17, 15) is 0 Å². The second kappa shape index (κ2) is 4.73. The maximum absolute atomic E-state index is 9.15. The average Bonchev–Trinajstić information content (AvgIpc) is 2.82. The van der Waals surface area contributed by atoms with E-state index in [2.05, 4.69) is 36.9 Å². The van der Waals surface area contributed by atoms with Crippen LogP contribution in [0.2, 0.25) is 0 Å². The molecular weight excluding hydrogens is 198 g/mol. The zero-order valence-corrected chi connectivity index (χ0v) is 10.7. The molecule has 2 aliphatic rings. The fraction of sp³-hybridized carbons (Fsp3) is 0.923. The van der Waals surface area contributed by atoms with Crippen LogP contribution in [0.25, 0.3) is 0 Å². The zero-order chi connectivity index (χ0) is 11.7. The van der Waals surface area contributed by atoms with Crippen LogP contribution >= 0.6 is 0 Å². The van der Waals surface area contributed by atoms with E-state index in [1.807, 2.05) is 0 Å². The monoisotopic (exact) mass is 221 g/mol. The molecule has 3 nitrogen and oxygen atoms in total. The summed E-state index contributed by atoms with van der Waals surface area (Å²) < 4.78 is 0. The summed E-state index contributed by atoms with van der Waals surface area (Å²) in [4.78, 5) is 4.90. The summed E-state index contributed by atoms with van der Waals surface area (Å²) in [5.41, 5.74) is 0. The molecular formula is C13H23N3. The van der Waals surface area contributed by atoms with Crippen molar-refractivity contribution in [1.82, 2.24) is 9.80 Å². The van der Waals surface area contributed by atoms with Crippen LogP contribution in [0, 0.1) is 23.2 Å². The van der Waals surface area contributed by atoms with Crippen LogP contribution in [0.1, 0.15) is 26.2 Å². The van der Waals surface area contributed by atoms with Gasteiger partial charge in [-0.25, -0.2) is 0 Å². The molecule has 1 aliphatic carbocycles. The maximum Gasteiger partial charge on any atom is 0.0672 e. The molecule has 1 saturated carbocycles. The molecule has 4 atom stereocenters. The van der Waals surface area contributed by atoms with E-state index in [1.165, 1.54) is 19.4 Å². The Hall–Kier alpha value is -0.590. The van der Waals surface area contributed by atoms with Crippen molar-refractivity contribution in [3.8, 4) is 6.07 Å². The van der Waals surface area contributed by atoms with E-state index in [0.29, 0.717) is 12.1 Å². The Balaban J connectivity index is 2.00. The topological polar surface area (TPSA) is 30.3 Å². The van der Waals surface area contributed by atoms with Crippen molar-refractivity contribution in [3.63, 3.8) is 0 Å². The summed E-state index contributed by atoms with van der Waals surface area (Å²) in [5, 5.41) is 9.15. The smallest absolute Gasteiger partial charge is 0.0672 e. The van der Waals surface area contributed by atoms with Crippen molar-refractivity contribution >= 4 is 0 Å². The van der Waals surface area contributed by atoms with Gasteiger partial charge in [0.05, 0.1) is 12.0 Å². The molecule has 0 spiro atoms.